The average Bonchev–Trinajstić information content (AvgIpc) is 2.36. The number of nitriles is 1. The first-order valence-electron chi connectivity index (χ1n) is 5.34. The van der Waals surface area contributed by atoms with E-state index in [0.717, 1.165) is 10.0 Å². The highest BCUT2D eigenvalue weighted by Crippen LogP contribution is 2.30. The van der Waals surface area contributed by atoms with E-state index < -0.39 is 0 Å². The monoisotopic (exact) mass is 302 g/mol. The summed E-state index contributed by atoms with van der Waals surface area (Å²) in [5, 5.41) is 9.07. The average molecular weight is 303 g/mol. The molecular weight excluding hydrogens is 292 g/mol. The number of nitrogens with two attached hydrogens (primary N) is 1. The van der Waals surface area contributed by atoms with E-state index in [2.05, 4.69) is 22.0 Å². The SMILES string of the molecule is Cc1ccc(N)cc1Oc1ccc(Br)cc1C#N. The third-order valence-corrected chi connectivity index (χ3v) is 2.99. The molecule has 0 aliphatic heterocycles. The molecule has 0 atom stereocenters. The predicted molar refractivity (Wildman–Crippen MR) is 74.5 cm³/mol. The highest BCUT2D eigenvalue weighted by atomic mass is 79.9. The molecule has 90 valence electrons. The summed E-state index contributed by atoms with van der Waals surface area (Å²) in [6, 6.07) is 12.9. The molecule has 0 saturated carbocycles. The zero-order valence-corrected chi connectivity index (χ0v) is 11.4. The van der Waals surface area contributed by atoms with Gasteiger partial charge in [-0.2, -0.15) is 5.26 Å². The molecule has 0 aliphatic rings. The van der Waals surface area contributed by atoms with E-state index in [4.69, 9.17) is 15.7 Å². The first-order valence-corrected chi connectivity index (χ1v) is 6.13. The molecule has 2 aromatic rings. The number of anilines is 1. The fraction of sp³-hybridized carbons (Fsp3) is 0.0714. The Morgan fingerprint density at radius 2 is 1.94 bits per heavy atom. The van der Waals surface area contributed by atoms with Crippen LogP contribution in [0.25, 0.3) is 0 Å². The maximum Gasteiger partial charge on any atom is 0.145 e. The van der Waals surface area contributed by atoms with E-state index in [1.54, 1.807) is 18.2 Å². The number of nitrogen functional groups attached to an aromatic ring is 1. The molecule has 0 aromatic heterocycles. The Morgan fingerprint density at radius 1 is 1.17 bits per heavy atom. The lowest BCUT2D eigenvalue weighted by Crippen LogP contribution is -1.93. The summed E-state index contributed by atoms with van der Waals surface area (Å²) >= 11 is 3.32. The standard InChI is InChI=1S/C14H11BrN2O/c1-9-2-4-12(17)7-14(9)18-13-5-3-11(15)6-10(13)8-16/h2-7H,17H2,1H3. The molecule has 2 N–H and O–H groups in total. The van der Waals surface area contributed by atoms with E-state index in [9.17, 15) is 0 Å². The maximum atomic E-state index is 9.07. The molecule has 0 unspecified atom stereocenters. The van der Waals surface area contributed by atoms with Crippen molar-refractivity contribution in [2.24, 2.45) is 0 Å². The van der Waals surface area contributed by atoms with Gasteiger partial charge in [0, 0.05) is 16.2 Å². The lowest BCUT2D eigenvalue weighted by Gasteiger charge is -2.10. The van der Waals surface area contributed by atoms with Gasteiger partial charge in [-0.05, 0) is 36.8 Å². The number of benzene rings is 2. The van der Waals surface area contributed by atoms with Crippen molar-refractivity contribution in [3.8, 4) is 17.6 Å². The Kier molecular flexibility index (Phi) is 3.54. The summed E-state index contributed by atoms with van der Waals surface area (Å²) in [7, 11) is 0. The highest BCUT2D eigenvalue weighted by molar-refractivity contribution is 9.10. The highest BCUT2D eigenvalue weighted by Gasteiger charge is 2.07. The van der Waals surface area contributed by atoms with Gasteiger partial charge < -0.3 is 10.5 Å². The fourth-order valence-electron chi connectivity index (χ4n) is 1.52. The van der Waals surface area contributed by atoms with Crippen LogP contribution in [-0.2, 0) is 0 Å². The summed E-state index contributed by atoms with van der Waals surface area (Å²) < 4.78 is 6.59. The zero-order chi connectivity index (χ0) is 13.1. The quantitative estimate of drug-likeness (QED) is 0.853. The summed E-state index contributed by atoms with van der Waals surface area (Å²) in [6.07, 6.45) is 0. The second-order valence-electron chi connectivity index (χ2n) is 3.88. The molecule has 4 heteroatoms. The van der Waals surface area contributed by atoms with Crippen LogP contribution in [-0.4, -0.2) is 0 Å². The van der Waals surface area contributed by atoms with Gasteiger partial charge in [0.15, 0.2) is 0 Å². The van der Waals surface area contributed by atoms with Crippen LogP contribution < -0.4 is 10.5 Å². The minimum Gasteiger partial charge on any atom is -0.456 e. The number of nitrogens with zero attached hydrogens (tertiary/aromatic N) is 1. The van der Waals surface area contributed by atoms with Gasteiger partial charge in [0.05, 0.1) is 5.56 Å². The molecule has 0 bridgehead atoms. The van der Waals surface area contributed by atoms with E-state index in [1.165, 1.54) is 0 Å². The molecule has 0 spiro atoms. The summed E-state index contributed by atoms with van der Waals surface area (Å²) in [6.45, 7) is 1.93. The topological polar surface area (TPSA) is 59.0 Å². The molecule has 2 aromatic carbocycles. The minimum atomic E-state index is 0.478. The largest absolute Gasteiger partial charge is 0.456 e. The molecule has 2 rings (SSSR count). The minimum absolute atomic E-state index is 0.478. The lowest BCUT2D eigenvalue weighted by atomic mass is 10.2. The predicted octanol–water partition coefficient (Wildman–Crippen LogP) is 4.00. The van der Waals surface area contributed by atoms with E-state index in [1.807, 2.05) is 25.1 Å². The number of halogens is 1. The number of ether oxygens (including phenoxy) is 1. The molecule has 0 heterocycles. The van der Waals surface area contributed by atoms with Crippen molar-refractivity contribution in [1.82, 2.24) is 0 Å². The number of hydrogen-bond donors (Lipinski definition) is 1. The summed E-state index contributed by atoms with van der Waals surface area (Å²) in [4.78, 5) is 0. The van der Waals surface area contributed by atoms with Crippen LogP contribution >= 0.6 is 15.9 Å². The van der Waals surface area contributed by atoms with Gasteiger partial charge in [-0.3, -0.25) is 0 Å². The molecule has 0 aliphatic carbocycles. The number of hydrogen-bond acceptors (Lipinski definition) is 3. The van der Waals surface area contributed by atoms with Gasteiger partial charge in [-0.1, -0.05) is 22.0 Å². The molecule has 0 radical (unpaired) electrons. The normalized spacial score (nSPS) is 9.83. The smallest absolute Gasteiger partial charge is 0.145 e. The van der Waals surface area contributed by atoms with Gasteiger partial charge in [0.25, 0.3) is 0 Å². The second-order valence-corrected chi connectivity index (χ2v) is 4.79. The molecule has 18 heavy (non-hydrogen) atoms. The lowest BCUT2D eigenvalue weighted by molar-refractivity contribution is 0.477. The van der Waals surface area contributed by atoms with Crippen LogP contribution in [0.3, 0.4) is 0 Å². The van der Waals surface area contributed by atoms with Crippen molar-refractivity contribution in [2.45, 2.75) is 6.92 Å². The van der Waals surface area contributed by atoms with Crippen LogP contribution in [0.5, 0.6) is 11.5 Å². The first kappa shape index (κ1) is 12.5. The maximum absolute atomic E-state index is 9.07. The Morgan fingerprint density at radius 3 is 2.67 bits per heavy atom. The zero-order valence-electron chi connectivity index (χ0n) is 9.77. The Hall–Kier alpha value is -1.99. The van der Waals surface area contributed by atoms with Gasteiger partial charge in [0.2, 0.25) is 0 Å². The second kappa shape index (κ2) is 5.11. The molecular formula is C14H11BrN2O. The van der Waals surface area contributed by atoms with Gasteiger partial charge in [0.1, 0.15) is 17.6 Å². The summed E-state index contributed by atoms with van der Waals surface area (Å²) in [5.41, 5.74) is 7.80. The van der Waals surface area contributed by atoms with Crippen molar-refractivity contribution in [2.75, 3.05) is 5.73 Å². The van der Waals surface area contributed by atoms with Gasteiger partial charge >= 0.3 is 0 Å². The number of aryl methyl sites for hydroxylation is 1. The summed E-state index contributed by atoms with van der Waals surface area (Å²) in [5.74, 6) is 1.18. The van der Waals surface area contributed by atoms with Crippen molar-refractivity contribution in [1.29, 1.82) is 5.26 Å². The van der Waals surface area contributed by atoms with Crippen LogP contribution in [0.4, 0.5) is 5.69 Å². The van der Waals surface area contributed by atoms with Crippen LogP contribution in [0, 0.1) is 18.3 Å². The van der Waals surface area contributed by atoms with Crippen molar-refractivity contribution < 1.29 is 4.74 Å². The van der Waals surface area contributed by atoms with Gasteiger partial charge in [-0.25, -0.2) is 0 Å². The number of rotatable bonds is 2. The molecule has 0 saturated heterocycles. The molecule has 3 nitrogen and oxygen atoms in total. The molecule has 0 fully saturated rings. The van der Waals surface area contributed by atoms with E-state index in [0.29, 0.717) is 22.7 Å². The first-order chi connectivity index (χ1) is 8.60. The fourth-order valence-corrected chi connectivity index (χ4v) is 1.88. The third kappa shape index (κ3) is 2.63. The third-order valence-electron chi connectivity index (χ3n) is 2.49. The van der Waals surface area contributed by atoms with Crippen LogP contribution in [0.2, 0.25) is 0 Å². The Balaban J connectivity index is 2.40. The van der Waals surface area contributed by atoms with Crippen LogP contribution in [0.1, 0.15) is 11.1 Å². The van der Waals surface area contributed by atoms with Crippen molar-refractivity contribution in [3.63, 3.8) is 0 Å². The molecule has 0 amide bonds. The van der Waals surface area contributed by atoms with E-state index >= 15 is 0 Å². The Bertz CT molecular complexity index is 632. The van der Waals surface area contributed by atoms with Gasteiger partial charge in [-0.15, -0.1) is 0 Å². The van der Waals surface area contributed by atoms with Crippen molar-refractivity contribution >= 4 is 21.6 Å². The van der Waals surface area contributed by atoms with Crippen molar-refractivity contribution in [3.05, 3.63) is 52.0 Å². The Labute approximate surface area is 114 Å². The van der Waals surface area contributed by atoms with E-state index in [-0.39, 0.29) is 0 Å². The van der Waals surface area contributed by atoms with Crippen LogP contribution in [0.15, 0.2) is 40.9 Å².